The fourth-order valence-electron chi connectivity index (χ4n) is 2.83. The van der Waals surface area contributed by atoms with Gasteiger partial charge in [-0.05, 0) is 25.1 Å². The third-order valence-corrected chi connectivity index (χ3v) is 4.20. The normalized spacial score (nSPS) is 11.4. The highest BCUT2D eigenvalue weighted by Crippen LogP contribution is 2.33. The monoisotopic (exact) mass is 405 g/mol. The summed E-state index contributed by atoms with van der Waals surface area (Å²) in [6.07, 6.45) is -3.28. The van der Waals surface area contributed by atoms with E-state index in [9.17, 15) is 22.8 Å². The van der Waals surface area contributed by atoms with E-state index < -0.39 is 17.6 Å². The second kappa shape index (κ2) is 8.29. The van der Waals surface area contributed by atoms with Gasteiger partial charge < -0.3 is 10.6 Å². The van der Waals surface area contributed by atoms with E-state index in [0.717, 1.165) is 6.07 Å². The molecule has 10 heteroatoms. The van der Waals surface area contributed by atoms with Crippen LogP contribution in [0.4, 0.5) is 19.0 Å². The predicted octanol–water partition coefficient (Wildman–Crippen LogP) is 2.67. The summed E-state index contributed by atoms with van der Waals surface area (Å²) in [5, 5.41) is 10.1. The Morgan fingerprint density at radius 1 is 1.10 bits per heavy atom. The molecule has 2 aromatic heterocycles. The van der Waals surface area contributed by atoms with Gasteiger partial charge in [-0.2, -0.15) is 18.3 Å². The first-order valence-electron chi connectivity index (χ1n) is 8.87. The van der Waals surface area contributed by atoms with E-state index in [4.69, 9.17) is 0 Å². The summed E-state index contributed by atoms with van der Waals surface area (Å²) < 4.78 is 40.1. The highest BCUT2D eigenvalue weighted by molar-refractivity contribution is 6.04. The lowest BCUT2D eigenvalue weighted by molar-refractivity contribution is -0.137. The highest BCUT2D eigenvalue weighted by atomic mass is 19.4. The molecule has 3 aromatic rings. The summed E-state index contributed by atoms with van der Waals surface area (Å²) in [6.45, 7) is 2.09. The van der Waals surface area contributed by atoms with Crippen molar-refractivity contribution in [2.75, 3.05) is 18.4 Å². The van der Waals surface area contributed by atoms with Crippen molar-refractivity contribution in [1.29, 1.82) is 0 Å². The van der Waals surface area contributed by atoms with E-state index in [-0.39, 0.29) is 30.2 Å². The zero-order chi connectivity index (χ0) is 21.0. The van der Waals surface area contributed by atoms with Crippen LogP contribution in [0.15, 0.2) is 47.4 Å². The number of hydrogen-bond donors (Lipinski definition) is 2. The number of rotatable bonds is 6. The molecule has 0 aliphatic carbocycles. The Kier molecular flexibility index (Phi) is 5.81. The molecule has 3 rings (SSSR count). The van der Waals surface area contributed by atoms with Gasteiger partial charge in [0, 0.05) is 31.2 Å². The minimum atomic E-state index is -4.53. The summed E-state index contributed by atoms with van der Waals surface area (Å²) >= 11 is 0. The van der Waals surface area contributed by atoms with Gasteiger partial charge in [-0.3, -0.25) is 9.59 Å². The number of pyridine rings is 1. The summed E-state index contributed by atoms with van der Waals surface area (Å²) in [5.41, 5.74) is -1.10. The standard InChI is InChI=1S/C19H18F3N5O2/c1-2-27-18(29)13-7-4-3-6-12(13)15(26-27)17(28)25-11-10-24-16-14(19(20,21)22)8-5-9-23-16/h3-9H,2,10-11H2,1H3,(H,23,24)(H,25,28). The molecule has 0 spiro atoms. The molecule has 0 saturated carbocycles. The molecule has 29 heavy (non-hydrogen) atoms. The molecule has 0 aliphatic rings. The summed E-state index contributed by atoms with van der Waals surface area (Å²) in [4.78, 5) is 28.6. The molecule has 0 atom stereocenters. The number of benzene rings is 1. The number of fused-ring (bicyclic) bond motifs is 1. The van der Waals surface area contributed by atoms with Gasteiger partial charge in [-0.25, -0.2) is 9.67 Å². The topological polar surface area (TPSA) is 88.9 Å². The van der Waals surface area contributed by atoms with Gasteiger partial charge in [0.15, 0.2) is 5.69 Å². The third kappa shape index (κ3) is 4.36. The van der Waals surface area contributed by atoms with Gasteiger partial charge in [-0.15, -0.1) is 0 Å². The van der Waals surface area contributed by atoms with Crippen molar-refractivity contribution < 1.29 is 18.0 Å². The van der Waals surface area contributed by atoms with Crippen molar-refractivity contribution in [1.82, 2.24) is 20.1 Å². The molecule has 0 unspecified atom stereocenters. The fraction of sp³-hybridized carbons (Fsp3) is 0.263. The lowest BCUT2D eigenvalue weighted by Gasteiger charge is -2.14. The van der Waals surface area contributed by atoms with Crippen LogP contribution in [-0.2, 0) is 12.7 Å². The summed E-state index contributed by atoms with van der Waals surface area (Å²) in [6, 6.07) is 8.76. The third-order valence-electron chi connectivity index (χ3n) is 4.20. The molecule has 7 nitrogen and oxygen atoms in total. The van der Waals surface area contributed by atoms with Crippen LogP contribution in [0.5, 0.6) is 0 Å². The minimum Gasteiger partial charge on any atom is -0.368 e. The van der Waals surface area contributed by atoms with Gasteiger partial charge in [0.2, 0.25) is 0 Å². The average molecular weight is 405 g/mol. The first-order valence-corrected chi connectivity index (χ1v) is 8.87. The van der Waals surface area contributed by atoms with E-state index in [0.29, 0.717) is 17.3 Å². The Morgan fingerprint density at radius 3 is 2.52 bits per heavy atom. The number of amides is 1. The Balaban J connectivity index is 1.72. The van der Waals surface area contributed by atoms with Gasteiger partial charge in [0.05, 0.1) is 10.9 Å². The number of halogens is 3. The van der Waals surface area contributed by atoms with Crippen LogP contribution in [0, 0.1) is 0 Å². The Morgan fingerprint density at radius 2 is 1.83 bits per heavy atom. The predicted molar refractivity (Wildman–Crippen MR) is 102 cm³/mol. The maximum atomic E-state index is 13.0. The molecule has 1 amide bonds. The fourth-order valence-corrected chi connectivity index (χ4v) is 2.83. The van der Waals surface area contributed by atoms with Crippen LogP contribution in [-0.4, -0.2) is 33.8 Å². The maximum absolute atomic E-state index is 13.0. The van der Waals surface area contributed by atoms with Crippen LogP contribution in [0.1, 0.15) is 23.0 Å². The highest BCUT2D eigenvalue weighted by Gasteiger charge is 2.33. The summed E-state index contributed by atoms with van der Waals surface area (Å²) in [7, 11) is 0. The molecular weight excluding hydrogens is 387 g/mol. The van der Waals surface area contributed by atoms with E-state index in [1.165, 1.54) is 16.9 Å². The van der Waals surface area contributed by atoms with Crippen molar-refractivity contribution >= 4 is 22.5 Å². The molecule has 0 aliphatic heterocycles. The van der Waals surface area contributed by atoms with Crippen molar-refractivity contribution in [3.8, 4) is 0 Å². The van der Waals surface area contributed by atoms with E-state index in [2.05, 4.69) is 20.7 Å². The second-order valence-electron chi connectivity index (χ2n) is 6.10. The number of carbonyl (C=O) groups is 1. The largest absolute Gasteiger partial charge is 0.419 e. The number of aryl methyl sites for hydroxylation is 1. The van der Waals surface area contributed by atoms with Gasteiger partial charge in [0.1, 0.15) is 5.82 Å². The van der Waals surface area contributed by atoms with E-state index in [1.54, 1.807) is 31.2 Å². The van der Waals surface area contributed by atoms with Gasteiger partial charge in [-0.1, -0.05) is 18.2 Å². The number of aromatic nitrogens is 3. The van der Waals surface area contributed by atoms with Crippen molar-refractivity contribution in [2.45, 2.75) is 19.6 Å². The molecular formula is C19H18F3N5O2. The Labute approximate surface area is 163 Å². The van der Waals surface area contributed by atoms with Gasteiger partial charge >= 0.3 is 6.18 Å². The number of hydrogen-bond acceptors (Lipinski definition) is 5. The molecule has 1 aromatic carbocycles. The Hall–Kier alpha value is -3.43. The SMILES string of the molecule is CCn1nc(C(=O)NCCNc2ncccc2C(F)(F)F)c2ccccc2c1=O. The van der Waals surface area contributed by atoms with Crippen LogP contribution >= 0.6 is 0 Å². The molecule has 0 bridgehead atoms. The number of alkyl halides is 3. The van der Waals surface area contributed by atoms with Crippen molar-refractivity contribution in [2.24, 2.45) is 0 Å². The van der Waals surface area contributed by atoms with Crippen LogP contribution in [0.25, 0.3) is 10.8 Å². The number of nitrogens with zero attached hydrogens (tertiary/aromatic N) is 3. The smallest absolute Gasteiger partial charge is 0.368 e. The molecule has 0 saturated heterocycles. The van der Waals surface area contributed by atoms with Gasteiger partial charge in [0.25, 0.3) is 11.5 Å². The minimum absolute atomic E-state index is 0.0250. The van der Waals surface area contributed by atoms with E-state index in [1.807, 2.05) is 0 Å². The second-order valence-corrected chi connectivity index (χ2v) is 6.10. The zero-order valence-electron chi connectivity index (χ0n) is 15.5. The lowest BCUT2D eigenvalue weighted by atomic mass is 10.1. The van der Waals surface area contributed by atoms with Crippen LogP contribution in [0.2, 0.25) is 0 Å². The molecule has 0 fully saturated rings. The molecule has 152 valence electrons. The first kappa shape index (κ1) is 20.3. The van der Waals surface area contributed by atoms with Crippen LogP contribution in [0.3, 0.4) is 0 Å². The first-order chi connectivity index (χ1) is 13.8. The van der Waals surface area contributed by atoms with E-state index >= 15 is 0 Å². The number of nitrogens with one attached hydrogen (secondary N) is 2. The van der Waals surface area contributed by atoms with Crippen molar-refractivity contribution in [3.63, 3.8) is 0 Å². The van der Waals surface area contributed by atoms with Crippen molar-refractivity contribution in [3.05, 3.63) is 64.2 Å². The molecule has 2 heterocycles. The average Bonchev–Trinajstić information content (AvgIpc) is 2.71. The molecule has 2 N–H and O–H groups in total. The Bertz CT molecular complexity index is 1100. The summed E-state index contributed by atoms with van der Waals surface area (Å²) in [5.74, 6) is -0.834. The molecule has 0 radical (unpaired) electrons. The quantitative estimate of drug-likeness (QED) is 0.616. The number of anilines is 1. The van der Waals surface area contributed by atoms with Crippen LogP contribution < -0.4 is 16.2 Å². The zero-order valence-corrected chi connectivity index (χ0v) is 15.5. The maximum Gasteiger partial charge on any atom is 0.419 e. The number of carbonyl (C=O) groups excluding carboxylic acids is 1. The lowest BCUT2D eigenvalue weighted by Crippen LogP contribution is -2.33.